The highest BCUT2D eigenvalue weighted by molar-refractivity contribution is 5.74. The van der Waals surface area contributed by atoms with Crippen molar-refractivity contribution < 1.29 is 19.0 Å². The van der Waals surface area contributed by atoms with Crippen LogP contribution in [0, 0.1) is 0 Å². The first-order valence-electron chi connectivity index (χ1n) is 7.65. The van der Waals surface area contributed by atoms with Crippen LogP contribution in [-0.2, 0) is 11.3 Å². The molecule has 6 heteroatoms. The Morgan fingerprint density at radius 3 is 3.00 bits per heavy atom. The summed E-state index contributed by atoms with van der Waals surface area (Å²) in [6.07, 6.45) is 2.20. The molecule has 2 aliphatic rings. The van der Waals surface area contributed by atoms with Gasteiger partial charge in [-0.15, -0.1) is 0 Å². The van der Waals surface area contributed by atoms with Crippen molar-refractivity contribution in [2.24, 2.45) is 0 Å². The van der Waals surface area contributed by atoms with E-state index in [-0.39, 0.29) is 25.0 Å². The molecule has 1 saturated heterocycles. The van der Waals surface area contributed by atoms with Gasteiger partial charge in [-0.1, -0.05) is 6.07 Å². The number of fused-ring (bicyclic) bond motifs is 1. The minimum absolute atomic E-state index is 0.0224. The number of carbonyl (C=O) groups is 1. The van der Waals surface area contributed by atoms with E-state index in [1.807, 2.05) is 25.1 Å². The highest BCUT2D eigenvalue weighted by Crippen LogP contribution is 2.32. The van der Waals surface area contributed by atoms with Gasteiger partial charge >= 0.3 is 6.03 Å². The van der Waals surface area contributed by atoms with Crippen LogP contribution in [0.5, 0.6) is 11.5 Å². The Kier molecular flexibility index (Phi) is 4.38. The molecule has 0 aromatic heterocycles. The normalized spacial score (nSPS) is 20.7. The summed E-state index contributed by atoms with van der Waals surface area (Å²) in [5.41, 5.74) is 1.01. The Labute approximate surface area is 130 Å². The number of carbonyl (C=O) groups excluding carboxylic acids is 1. The molecule has 2 heterocycles. The maximum absolute atomic E-state index is 12.3. The molecule has 1 fully saturated rings. The Hall–Kier alpha value is -1.95. The average molecular weight is 306 g/mol. The number of amides is 2. The minimum Gasteiger partial charge on any atom is -0.454 e. The van der Waals surface area contributed by atoms with E-state index in [4.69, 9.17) is 14.2 Å². The average Bonchev–Trinajstić information content (AvgIpc) is 3.18. The van der Waals surface area contributed by atoms with Crippen molar-refractivity contribution in [1.82, 2.24) is 10.2 Å². The fourth-order valence-corrected chi connectivity index (χ4v) is 2.78. The van der Waals surface area contributed by atoms with Crippen LogP contribution >= 0.6 is 0 Å². The van der Waals surface area contributed by atoms with E-state index in [9.17, 15) is 4.79 Å². The van der Waals surface area contributed by atoms with Gasteiger partial charge in [0.15, 0.2) is 11.5 Å². The lowest BCUT2D eigenvalue weighted by molar-refractivity contribution is 0.0838. The summed E-state index contributed by atoms with van der Waals surface area (Å²) in [5.74, 6) is 1.49. The number of urea groups is 1. The SMILES string of the molecule is C[C@@H](NC(=O)N(C)Cc1ccc2c(c1)OCO2)[C@H]1CCCO1. The smallest absolute Gasteiger partial charge is 0.317 e. The van der Waals surface area contributed by atoms with Crippen molar-refractivity contribution in [3.63, 3.8) is 0 Å². The molecule has 0 aliphatic carbocycles. The number of nitrogens with zero attached hydrogens (tertiary/aromatic N) is 1. The van der Waals surface area contributed by atoms with Crippen LogP contribution in [0.25, 0.3) is 0 Å². The largest absolute Gasteiger partial charge is 0.454 e. The molecule has 0 saturated carbocycles. The topological polar surface area (TPSA) is 60.0 Å². The molecule has 6 nitrogen and oxygen atoms in total. The predicted octanol–water partition coefficient (Wildman–Crippen LogP) is 2.12. The third-order valence-electron chi connectivity index (χ3n) is 4.08. The molecule has 2 aliphatic heterocycles. The van der Waals surface area contributed by atoms with Gasteiger partial charge in [-0.05, 0) is 37.5 Å². The second kappa shape index (κ2) is 6.44. The molecule has 1 aromatic rings. The van der Waals surface area contributed by atoms with Crippen molar-refractivity contribution in [2.45, 2.75) is 38.5 Å². The number of rotatable bonds is 4. The predicted molar refractivity (Wildman–Crippen MR) is 81.0 cm³/mol. The summed E-state index contributed by atoms with van der Waals surface area (Å²) in [6, 6.07) is 5.66. The summed E-state index contributed by atoms with van der Waals surface area (Å²) in [5, 5.41) is 3.00. The van der Waals surface area contributed by atoms with Crippen molar-refractivity contribution >= 4 is 6.03 Å². The van der Waals surface area contributed by atoms with E-state index >= 15 is 0 Å². The van der Waals surface area contributed by atoms with Gasteiger partial charge in [-0.25, -0.2) is 4.79 Å². The molecule has 0 radical (unpaired) electrons. The van der Waals surface area contributed by atoms with Crippen molar-refractivity contribution in [2.75, 3.05) is 20.4 Å². The van der Waals surface area contributed by atoms with Crippen molar-refractivity contribution in [3.8, 4) is 11.5 Å². The molecule has 1 N–H and O–H groups in total. The number of hydrogen-bond acceptors (Lipinski definition) is 4. The fourth-order valence-electron chi connectivity index (χ4n) is 2.78. The lowest BCUT2D eigenvalue weighted by Crippen LogP contribution is -2.46. The van der Waals surface area contributed by atoms with E-state index in [1.54, 1.807) is 11.9 Å². The van der Waals surface area contributed by atoms with Crippen LogP contribution in [0.2, 0.25) is 0 Å². The molecule has 2 atom stereocenters. The van der Waals surface area contributed by atoms with Crippen LogP contribution in [0.1, 0.15) is 25.3 Å². The molecule has 22 heavy (non-hydrogen) atoms. The Bertz CT molecular complexity index is 543. The van der Waals surface area contributed by atoms with Gasteiger partial charge in [0, 0.05) is 20.2 Å². The van der Waals surface area contributed by atoms with Gasteiger partial charge in [-0.3, -0.25) is 0 Å². The number of nitrogens with one attached hydrogen (secondary N) is 1. The maximum atomic E-state index is 12.3. The van der Waals surface area contributed by atoms with Gasteiger partial charge in [0.1, 0.15) is 0 Å². The zero-order valence-electron chi connectivity index (χ0n) is 13.0. The zero-order valence-corrected chi connectivity index (χ0v) is 13.0. The molecular formula is C16H22N2O4. The van der Waals surface area contributed by atoms with Crippen LogP contribution in [0.3, 0.4) is 0 Å². The van der Waals surface area contributed by atoms with Gasteiger partial charge in [0.05, 0.1) is 12.1 Å². The number of hydrogen-bond donors (Lipinski definition) is 1. The number of benzene rings is 1. The van der Waals surface area contributed by atoms with Gasteiger partial charge in [0.25, 0.3) is 0 Å². The van der Waals surface area contributed by atoms with Gasteiger partial charge < -0.3 is 24.4 Å². The van der Waals surface area contributed by atoms with Crippen LogP contribution in [0.15, 0.2) is 18.2 Å². The van der Waals surface area contributed by atoms with E-state index in [0.717, 1.165) is 36.5 Å². The summed E-state index contributed by atoms with van der Waals surface area (Å²) in [4.78, 5) is 13.9. The second-order valence-electron chi connectivity index (χ2n) is 5.83. The number of ether oxygens (including phenoxy) is 3. The molecule has 0 spiro atoms. The van der Waals surface area contributed by atoms with E-state index < -0.39 is 0 Å². The van der Waals surface area contributed by atoms with E-state index in [2.05, 4.69) is 5.32 Å². The maximum Gasteiger partial charge on any atom is 0.317 e. The highest BCUT2D eigenvalue weighted by Gasteiger charge is 2.24. The fraction of sp³-hybridized carbons (Fsp3) is 0.562. The molecule has 2 amide bonds. The van der Waals surface area contributed by atoms with E-state index in [1.165, 1.54) is 0 Å². The van der Waals surface area contributed by atoms with Crippen LogP contribution < -0.4 is 14.8 Å². The first-order chi connectivity index (χ1) is 10.6. The van der Waals surface area contributed by atoms with Crippen LogP contribution in [0.4, 0.5) is 4.79 Å². The molecule has 0 unspecified atom stereocenters. The van der Waals surface area contributed by atoms with Gasteiger partial charge in [0.2, 0.25) is 6.79 Å². The monoisotopic (exact) mass is 306 g/mol. The van der Waals surface area contributed by atoms with Crippen molar-refractivity contribution in [1.29, 1.82) is 0 Å². The summed E-state index contributed by atoms with van der Waals surface area (Å²) < 4.78 is 16.2. The lowest BCUT2D eigenvalue weighted by Gasteiger charge is -2.24. The molecule has 1 aromatic carbocycles. The summed E-state index contributed by atoms with van der Waals surface area (Å²) in [7, 11) is 1.78. The van der Waals surface area contributed by atoms with Crippen LogP contribution in [-0.4, -0.2) is 43.5 Å². The molecule has 120 valence electrons. The zero-order chi connectivity index (χ0) is 15.5. The Morgan fingerprint density at radius 2 is 2.23 bits per heavy atom. The molecular weight excluding hydrogens is 284 g/mol. The summed E-state index contributed by atoms with van der Waals surface area (Å²) in [6.45, 7) is 3.55. The molecule has 3 rings (SSSR count). The third-order valence-corrected chi connectivity index (χ3v) is 4.08. The highest BCUT2D eigenvalue weighted by atomic mass is 16.7. The molecule has 0 bridgehead atoms. The van der Waals surface area contributed by atoms with E-state index in [0.29, 0.717) is 6.54 Å². The third kappa shape index (κ3) is 3.27. The minimum atomic E-state index is -0.0966. The Balaban J connectivity index is 1.54. The quantitative estimate of drug-likeness (QED) is 0.925. The standard InChI is InChI=1S/C16H22N2O4/c1-11(13-4-3-7-20-13)17-16(19)18(2)9-12-5-6-14-15(8-12)22-10-21-14/h5-6,8,11,13H,3-4,7,9-10H2,1-2H3,(H,17,19)/t11-,13-/m1/s1. The lowest BCUT2D eigenvalue weighted by atomic mass is 10.1. The van der Waals surface area contributed by atoms with Gasteiger partial charge in [-0.2, -0.15) is 0 Å². The Morgan fingerprint density at radius 1 is 1.41 bits per heavy atom. The first-order valence-corrected chi connectivity index (χ1v) is 7.65. The second-order valence-corrected chi connectivity index (χ2v) is 5.83. The first kappa shape index (κ1) is 15.0. The summed E-state index contributed by atoms with van der Waals surface area (Å²) >= 11 is 0. The van der Waals surface area contributed by atoms with Crippen molar-refractivity contribution in [3.05, 3.63) is 23.8 Å².